The first-order valence-electron chi connectivity index (χ1n) is 7.18. The maximum atomic E-state index is 12.1. The second kappa shape index (κ2) is 6.62. The predicted octanol–water partition coefficient (Wildman–Crippen LogP) is 1.83. The number of hydrogen-bond acceptors (Lipinski definition) is 4. The van der Waals surface area contributed by atoms with Crippen molar-refractivity contribution in [3.8, 4) is 0 Å². The molecule has 3 heterocycles. The minimum atomic E-state index is -0.610. The van der Waals surface area contributed by atoms with Crippen molar-refractivity contribution in [3.63, 3.8) is 0 Å². The van der Waals surface area contributed by atoms with Crippen LogP contribution in [0.25, 0.3) is 5.65 Å². The summed E-state index contributed by atoms with van der Waals surface area (Å²) >= 11 is 1.34. The van der Waals surface area contributed by atoms with E-state index in [9.17, 15) is 9.59 Å². The molecular formula is C16H16N4O2S. The van der Waals surface area contributed by atoms with Crippen molar-refractivity contribution in [1.29, 1.82) is 0 Å². The van der Waals surface area contributed by atoms with Crippen molar-refractivity contribution >= 4 is 28.8 Å². The molecule has 0 aliphatic rings. The molecule has 7 heteroatoms. The van der Waals surface area contributed by atoms with Crippen molar-refractivity contribution in [3.05, 3.63) is 58.7 Å². The minimum absolute atomic E-state index is 0.240. The van der Waals surface area contributed by atoms with Crippen molar-refractivity contribution in [2.45, 2.75) is 19.5 Å². The number of thiophene rings is 1. The van der Waals surface area contributed by atoms with Crippen LogP contribution >= 0.6 is 11.3 Å². The smallest absolute Gasteiger partial charge is 0.261 e. The third-order valence-electron chi connectivity index (χ3n) is 3.34. The Kier molecular flexibility index (Phi) is 4.38. The van der Waals surface area contributed by atoms with E-state index >= 15 is 0 Å². The number of carbonyl (C=O) groups excluding carboxylic acids is 2. The minimum Gasteiger partial charge on any atom is -0.349 e. The summed E-state index contributed by atoms with van der Waals surface area (Å²) in [5, 5.41) is 7.29. The highest BCUT2D eigenvalue weighted by atomic mass is 32.1. The molecule has 3 aromatic rings. The van der Waals surface area contributed by atoms with Crippen LogP contribution in [0.4, 0.5) is 0 Å². The summed E-state index contributed by atoms with van der Waals surface area (Å²) in [6.45, 7) is 1.98. The number of rotatable bonds is 5. The van der Waals surface area contributed by atoms with Gasteiger partial charge in [0.1, 0.15) is 11.7 Å². The number of nitrogens with one attached hydrogen (secondary N) is 2. The number of pyridine rings is 1. The molecule has 6 nitrogen and oxygen atoms in total. The fourth-order valence-corrected chi connectivity index (χ4v) is 2.77. The van der Waals surface area contributed by atoms with Crippen LogP contribution in [0.2, 0.25) is 0 Å². The van der Waals surface area contributed by atoms with Gasteiger partial charge in [0.05, 0.1) is 17.1 Å². The van der Waals surface area contributed by atoms with Crippen LogP contribution in [0.5, 0.6) is 0 Å². The summed E-state index contributed by atoms with van der Waals surface area (Å²) < 4.78 is 1.89. The number of fused-ring (bicyclic) bond motifs is 1. The highest BCUT2D eigenvalue weighted by Crippen LogP contribution is 2.08. The lowest BCUT2D eigenvalue weighted by Gasteiger charge is -2.12. The van der Waals surface area contributed by atoms with Crippen molar-refractivity contribution < 1.29 is 9.59 Å². The molecule has 0 aliphatic heterocycles. The molecule has 3 rings (SSSR count). The molecule has 0 bridgehead atoms. The number of carbonyl (C=O) groups is 2. The van der Waals surface area contributed by atoms with E-state index in [-0.39, 0.29) is 11.8 Å². The molecule has 23 heavy (non-hydrogen) atoms. The van der Waals surface area contributed by atoms with E-state index in [1.807, 2.05) is 40.4 Å². The van der Waals surface area contributed by atoms with Gasteiger partial charge in [-0.2, -0.15) is 0 Å². The van der Waals surface area contributed by atoms with Gasteiger partial charge in [0.2, 0.25) is 5.91 Å². The number of nitrogens with zero attached hydrogens (tertiary/aromatic N) is 2. The van der Waals surface area contributed by atoms with E-state index < -0.39 is 6.04 Å². The molecule has 2 N–H and O–H groups in total. The van der Waals surface area contributed by atoms with E-state index in [2.05, 4.69) is 15.6 Å². The first-order valence-corrected chi connectivity index (χ1v) is 8.06. The molecule has 118 valence electrons. The van der Waals surface area contributed by atoms with Crippen LogP contribution in [0.3, 0.4) is 0 Å². The SMILES string of the molecule is CC(NC(=O)c1cccs1)C(=O)NCc1cn2ccccc2n1. The van der Waals surface area contributed by atoms with Crippen molar-refractivity contribution in [1.82, 2.24) is 20.0 Å². The predicted molar refractivity (Wildman–Crippen MR) is 88.3 cm³/mol. The van der Waals surface area contributed by atoms with E-state index in [0.29, 0.717) is 11.4 Å². The Bertz CT molecular complexity index is 793. The second-order valence-electron chi connectivity index (χ2n) is 5.09. The summed E-state index contributed by atoms with van der Waals surface area (Å²) in [6, 6.07) is 8.64. The van der Waals surface area contributed by atoms with E-state index in [1.54, 1.807) is 19.1 Å². The standard InChI is InChI=1S/C16H16N4O2S/c1-11(18-16(22)13-5-4-8-23-13)15(21)17-9-12-10-20-7-3-2-6-14(20)19-12/h2-8,10-11H,9H2,1H3,(H,17,21)(H,18,22). The molecule has 1 atom stereocenters. The topological polar surface area (TPSA) is 75.5 Å². The fourth-order valence-electron chi connectivity index (χ4n) is 2.14. The zero-order chi connectivity index (χ0) is 16.2. The van der Waals surface area contributed by atoms with Gasteiger partial charge in [-0.3, -0.25) is 9.59 Å². The molecule has 0 radical (unpaired) electrons. The van der Waals surface area contributed by atoms with Gasteiger partial charge in [0, 0.05) is 12.4 Å². The normalized spacial score (nSPS) is 12.0. The molecule has 0 fully saturated rings. The summed E-state index contributed by atoms with van der Waals surface area (Å²) in [6.07, 6.45) is 3.77. The van der Waals surface area contributed by atoms with Crippen molar-refractivity contribution in [2.24, 2.45) is 0 Å². The number of hydrogen-bond donors (Lipinski definition) is 2. The molecule has 3 aromatic heterocycles. The molecule has 1 unspecified atom stereocenters. The molecular weight excluding hydrogens is 312 g/mol. The van der Waals surface area contributed by atoms with E-state index in [0.717, 1.165) is 11.3 Å². The van der Waals surface area contributed by atoms with E-state index in [1.165, 1.54) is 11.3 Å². The Morgan fingerprint density at radius 3 is 2.91 bits per heavy atom. The lowest BCUT2D eigenvalue weighted by Crippen LogP contribution is -2.44. The average molecular weight is 328 g/mol. The van der Waals surface area contributed by atoms with Crippen LogP contribution in [0.15, 0.2) is 48.1 Å². The number of aromatic nitrogens is 2. The van der Waals surface area contributed by atoms with Crippen molar-refractivity contribution in [2.75, 3.05) is 0 Å². The van der Waals surface area contributed by atoms with Crippen LogP contribution in [-0.4, -0.2) is 27.2 Å². The molecule has 0 spiro atoms. The zero-order valence-corrected chi connectivity index (χ0v) is 13.3. The van der Waals surface area contributed by atoms with Gasteiger partial charge in [0.25, 0.3) is 5.91 Å². The van der Waals surface area contributed by atoms with Crippen LogP contribution in [0.1, 0.15) is 22.3 Å². The van der Waals surface area contributed by atoms with Crippen LogP contribution in [0, 0.1) is 0 Å². The Balaban J connectivity index is 1.55. The third-order valence-corrected chi connectivity index (χ3v) is 4.21. The van der Waals surface area contributed by atoms with Gasteiger partial charge in [-0.1, -0.05) is 12.1 Å². The molecule has 0 saturated carbocycles. The molecule has 0 saturated heterocycles. The lowest BCUT2D eigenvalue weighted by molar-refractivity contribution is -0.122. The molecule has 0 aliphatic carbocycles. The number of amides is 2. The third kappa shape index (κ3) is 3.57. The summed E-state index contributed by atoms with van der Waals surface area (Å²) in [5.41, 5.74) is 1.59. The first kappa shape index (κ1) is 15.2. The maximum Gasteiger partial charge on any atom is 0.261 e. The fraction of sp³-hybridized carbons (Fsp3) is 0.188. The number of imidazole rings is 1. The van der Waals surface area contributed by atoms with Gasteiger partial charge in [-0.25, -0.2) is 4.98 Å². The quantitative estimate of drug-likeness (QED) is 0.750. The lowest BCUT2D eigenvalue weighted by atomic mass is 10.3. The van der Waals surface area contributed by atoms with Gasteiger partial charge in [0.15, 0.2) is 0 Å². The Labute approximate surface area is 137 Å². The van der Waals surface area contributed by atoms with Crippen LogP contribution < -0.4 is 10.6 Å². The molecule has 2 amide bonds. The van der Waals surface area contributed by atoms with Crippen LogP contribution in [-0.2, 0) is 11.3 Å². The summed E-state index contributed by atoms with van der Waals surface area (Å²) in [4.78, 5) is 29.0. The Morgan fingerprint density at radius 2 is 2.17 bits per heavy atom. The largest absolute Gasteiger partial charge is 0.349 e. The molecule has 0 aromatic carbocycles. The van der Waals surface area contributed by atoms with Gasteiger partial charge in [-0.15, -0.1) is 11.3 Å². The first-order chi connectivity index (χ1) is 11.1. The Hall–Kier alpha value is -2.67. The highest BCUT2D eigenvalue weighted by molar-refractivity contribution is 7.12. The monoisotopic (exact) mass is 328 g/mol. The van der Waals surface area contributed by atoms with Gasteiger partial charge < -0.3 is 15.0 Å². The second-order valence-corrected chi connectivity index (χ2v) is 6.04. The summed E-state index contributed by atoms with van der Waals surface area (Å²) in [7, 11) is 0. The maximum absolute atomic E-state index is 12.1. The zero-order valence-electron chi connectivity index (χ0n) is 12.5. The van der Waals surface area contributed by atoms with Gasteiger partial charge >= 0.3 is 0 Å². The van der Waals surface area contributed by atoms with Gasteiger partial charge in [-0.05, 0) is 30.5 Å². The van der Waals surface area contributed by atoms with E-state index in [4.69, 9.17) is 0 Å². The summed E-state index contributed by atoms with van der Waals surface area (Å²) in [5.74, 6) is -0.484. The average Bonchev–Trinajstić information content (AvgIpc) is 3.21. The highest BCUT2D eigenvalue weighted by Gasteiger charge is 2.17. The Morgan fingerprint density at radius 1 is 1.30 bits per heavy atom.